The maximum absolute atomic E-state index is 10.1. The Kier molecular flexibility index (Phi) is 3.17. The van der Waals surface area contributed by atoms with Crippen molar-refractivity contribution in [1.29, 1.82) is 0 Å². The molecule has 2 rings (SSSR count). The maximum atomic E-state index is 10.1. The van der Waals surface area contributed by atoms with E-state index in [2.05, 4.69) is 13.8 Å². The van der Waals surface area contributed by atoms with Crippen LogP contribution in [-0.4, -0.2) is 17.8 Å². The highest BCUT2D eigenvalue weighted by atomic mass is 16.5. The van der Waals surface area contributed by atoms with Crippen LogP contribution in [0.1, 0.15) is 43.4 Å². The van der Waals surface area contributed by atoms with E-state index in [1.807, 2.05) is 18.2 Å². The van der Waals surface area contributed by atoms with Gasteiger partial charge in [-0.3, -0.25) is 0 Å². The van der Waals surface area contributed by atoms with Gasteiger partial charge in [0, 0.05) is 11.6 Å². The van der Waals surface area contributed by atoms with Gasteiger partial charge in [-0.05, 0) is 30.0 Å². The molecule has 3 heteroatoms. The highest BCUT2D eigenvalue weighted by Gasteiger charge is 2.24. The number of ether oxygens (including phenoxy) is 1. The topological polar surface area (TPSA) is 55.5 Å². The number of hydrogen-bond donors (Lipinski definition) is 2. The lowest BCUT2D eigenvalue weighted by Crippen LogP contribution is -2.28. The minimum Gasteiger partial charge on any atom is -0.493 e. The molecule has 16 heavy (non-hydrogen) atoms. The third-order valence-corrected chi connectivity index (χ3v) is 3.13. The molecule has 0 saturated heterocycles. The van der Waals surface area contributed by atoms with Gasteiger partial charge in [0.1, 0.15) is 5.75 Å². The Morgan fingerprint density at radius 2 is 2.19 bits per heavy atom. The zero-order valence-corrected chi connectivity index (χ0v) is 9.81. The summed E-state index contributed by atoms with van der Waals surface area (Å²) in [6.07, 6.45) is 0.0727. The molecule has 0 aliphatic carbocycles. The Morgan fingerprint density at radius 1 is 1.44 bits per heavy atom. The summed E-state index contributed by atoms with van der Waals surface area (Å²) in [5.74, 6) is 1.21. The fourth-order valence-electron chi connectivity index (χ4n) is 1.98. The van der Waals surface area contributed by atoms with Gasteiger partial charge in [-0.1, -0.05) is 19.9 Å². The Labute approximate surface area is 96.2 Å². The van der Waals surface area contributed by atoms with Crippen LogP contribution in [0.5, 0.6) is 5.75 Å². The molecule has 88 valence electrons. The first-order valence-electron chi connectivity index (χ1n) is 5.80. The van der Waals surface area contributed by atoms with E-state index in [4.69, 9.17) is 10.5 Å². The van der Waals surface area contributed by atoms with Crippen LogP contribution in [-0.2, 0) is 0 Å². The predicted octanol–water partition coefficient (Wildman–Crippen LogP) is 1.95. The average Bonchev–Trinajstić information content (AvgIpc) is 2.40. The number of hydrogen-bond acceptors (Lipinski definition) is 3. The maximum Gasteiger partial charge on any atom is 0.125 e. The van der Waals surface area contributed by atoms with Crippen LogP contribution in [0.3, 0.4) is 0 Å². The number of fused-ring (bicyclic) bond motifs is 1. The minimum atomic E-state index is -0.615. The van der Waals surface area contributed by atoms with Crippen LogP contribution in [0.25, 0.3) is 0 Å². The fraction of sp³-hybridized carbons (Fsp3) is 0.538. The van der Waals surface area contributed by atoms with Gasteiger partial charge >= 0.3 is 0 Å². The summed E-state index contributed by atoms with van der Waals surface area (Å²) in [4.78, 5) is 0. The first-order chi connectivity index (χ1) is 7.59. The average molecular weight is 221 g/mol. The fourth-order valence-corrected chi connectivity index (χ4v) is 1.98. The largest absolute Gasteiger partial charge is 0.493 e. The van der Waals surface area contributed by atoms with Crippen molar-refractivity contribution in [2.24, 2.45) is 5.73 Å². The third kappa shape index (κ3) is 2.06. The Balaban J connectivity index is 2.42. The monoisotopic (exact) mass is 221 g/mol. The van der Waals surface area contributed by atoms with Crippen molar-refractivity contribution >= 4 is 0 Å². The smallest absolute Gasteiger partial charge is 0.125 e. The number of benzene rings is 1. The molecule has 0 saturated carbocycles. The molecule has 1 aliphatic rings. The standard InChI is InChI=1S/C13H19NO2/c1-8(2)9-3-4-12-10(7-9)13(15)11(14)5-6-16-12/h3-4,7-8,11,13,15H,5-6,14H2,1-2H3/t11-,13+/m1/s1. The molecule has 1 heterocycles. The van der Waals surface area contributed by atoms with Gasteiger partial charge < -0.3 is 15.6 Å². The van der Waals surface area contributed by atoms with Crippen molar-refractivity contribution in [1.82, 2.24) is 0 Å². The molecule has 3 N–H and O–H groups in total. The van der Waals surface area contributed by atoms with Gasteiger partial charge in [0.2, 0.25) is 0 Å². The summed E-state index contributed by atoms with van der Waals surface area (Å²) in [5, 5.41) is 10.1. The lowest BCUT2D eigenvalue weighted by molar-refractivity contribution is 0.144. The third-order valence-electron chi connectivity index (χ3n) is 3.13. The number of nitrogens with two attached hydrogens (primary N) is 1. The summed E-state index contributed by atoms with van der Waals surface area (Å²) in [6.45, 7) is 4.84. The molecular formula is C13H19NO2. The van der Waals surface area contributed by atoms with Gasteiger partial charge in [-0.25, -0.2) is 0 Å². The second-order valence-electron chi connectivity index (χ2n) is 4.70. The zero-order chi connectivity index (χ0) is 11.7. The molecule has 0 unspecified atom stereocenters. The van der Waals surface area contributed by atoms with Crippen molar-refractivity contribution < 1.29 is 9.84 Å². The molecule has 0 amide bonds. The molecule has 3 nitrogen and oxygen atoms in total. The molecule has 1 aliphatic heterocycles. The normalized spacial score (nSPS) is 24.8. The van der Waals surface area contributed by atoms with Crippen LogP contribution < -0.4 is 10.5 Å². The van der Waals surface area contributed by atoms with Crippen molar-refractivity contribution in [3.8, 4) is 5.75 Å². The van der Waals surface area contributed by atoms with E-state index in [0.717, 1.165) is 11.3 Å². The van der Waals surface area contributed by atoms with Gasteiger partial charge in [-0.15, -0.1) is 0 Å². The molecule has 0 fully saturated rings. The summed E-state index contributed by atoms with van der Waals surface area (Å²) in [7, 11) is 0. The SMILES string of the molecule is CC(C)c1ccc2c(c1)[C@H](O)[C@H](N)CCO2. The molecule has 1 aromatic carbocycles. The minimum absolute atomic E-state index is 0.233. The van der Waals surface area contributed by atoms with Crippen LogP contribution in [0.4, 0.5) is 0 Å². The second-order valence-corrected chi connectivity index (χ2v) is 4.70. The van der Waals surface area contributed by atoms with E-state index in [9.17, 15) is 5.11 Å². The quantitative estimate of drug-likeness (QED) is 0.762. The number of aliphatic hydroxyl groups is 1. The summed E-state index contributed by atoms with van der Waals surface area (Å²) < 4.78 is 5.58. The Bertz CT molecular complexity index is 376. The number of aliphatic hydroxyl groups excluding tert-OH is 1. The van der Waals surface area contributed by atoms with Crippen molar-refractivity contribution in [2.45, 2.75) is 38.3 Å². The lowest BCUT2D eigenvalue weighted by Gasteiger charge is -2.17. The van der Waals surface area contributed by atoms with E-state index in [1.54, 1.807) is 0 Å². The summed E-state index contributed by atoms with van der Waals surface area (Å²) >= 11 is 0. The van der Waals surface area contributed by atoms with Crippen LogP contribution in [0.15, 0.2) is 18.2 Å². The Hall–Kier alpha value is -1.06. The van der Waals surface area contributed by atoms with Gasteiger partial charge in [0.05, 0.1) is 12.7 Å². The van der Waals surface area contributed by atoms with Crippen LogP contribution >= 0.6 is 0 Å². The van der Waals surface area contributed by atoms with E-state index >= 15 is 0 Å². The highest BCUT2D eigenvalue weighted by molar-refractivity contribution is 5.41. The molecule has 0 radical (unpaired) electrons. The van der Waals surface area contributed by atoms with Crippen molar-refractivity contribution in [3.63, 3.8) is 0 Å². The van der Waals surface area contributed by atoms with E-state index in [-0.39, 0.29) is 6.04 Å². The van der Waals surface area contributed by atoms with E-state index in [0.29, 0.717) is 18.9 Å². The molecular weight excluding hydrogens is 202 g/mol. The first kappa shape index (κ1) is 11.4. The molecule has 0 spiro atoms. The van der Waals surface area contributed by atoms with Crippen LogP contribution in [0, 0.1) is 0 Å². The first-order valence-corrected chi connectivity index (χ1v) is 5.80. The lowest BCUT2D eigenvalue weighted by atomic mass is 9.95. The predicted molar refractivity (Wildman–Crippen MR) is 63.6 cm³/mol. The second kappa shape index (κ2) is 4.44. The molecule has 2 atom stereocenters. The van der Waals surface area contributed by atoms with E-state index in [1.165, 1.54) is 5.56 Å². The Morgan fingerprint density at radius 3 is 2.88 bits per heavy atom. The van der Waals surface area contributed by atoms with Crippen molar-refractivity contribution in [2.75, 3.05) is 6.61 Å². The van der Waals surface area contributed by atoms with Gasteiger partial charge in [0.15, 0.2) is 0 Å². The van der Waals surface area contributed by atoms with Gasteiger partial charge in [0.25, 0.3) is 0 Å². The van der Waals surface area contributed by atoms with E-state index < -0.39 is 6.10 Å². The van der Waals surface area contributed by atoms with Gasteiger partial charge in [-0.2, -0.15) is 0 Å². The molecule has 1 aromatic rings. The summed E-state index contributed by atoms with van der Waals surface area (Å²) in [5.41, 5.74) is 7.92. The number of rotatable bonds is 1. The van der Waals surface area contributed by atoms with Crippen molar-refractivity contribution in [3.05, 3.63) is 29.3 Å². The zero-order valence-electron chi connectivity index (χ0n) is 9.81. The summed E-state index contributed by atoms with van der Waals surface area (Å²) in [6, 6.07) is 5.76. The molecule has 0 bridgehead atoms. The highest BCUT2D eigenvalue weighted by Crippen LogP contribution is 2.33. The molecule has 0 aromatic heterocycles. The van der Waals surface area contributed by atoms with Crippen LogP contribution in [0.2, 0.25) is 0 Å².